The zero-order chi connectivity index (χ0) is 9.84. The molecule has 0 aromatic heterocycles. The van der Waals surface area contributed by atoms with Crippen LogP contribution in [0.1, 0.15) is 19.4 Å². The first-order chi connectivity index (χ1) is 6.08. The lowest BCUT2D eigenvalue weighted by Gasteiger charge is -2.09. The van der Waals surface area contributed by atoms with E-state index < -0.39 is 0 Å². The highest BCUT2D eigenvalue weighted by atomic mass is 19.1. The van der Waals surface area contributed by atoms with Gasteiger partial charge in [-0.2, -0.15) is 0 Å². The van der Waals surface area contributed by atoms with E-state index in [0.717, 1.165) is 5.56 Å². The number of hydrogen-bond donors (Lipinski definition) is 0. The standard InChI is InChI=1S/C11H15FO/c1-8(2)7-13-11-5-9(3)4-10(12)6-11/h4-6,8H,7H2,1-3H3. The van der Waals surface area contributed by atoms with Crippen molar-refractivity contribution in [3.8, 4) is 5.75 Å². The number of hydrogen-bond acceptors (Lipinski definition) is 1. The zero-order valence-corrected chi connectivity index (χ0v) is 8.30. The highest BCUT2D eigenvalue weighted by molar-refractivity contribution is 5.28. The van der Waals surface area contributed by atoms with Crippen LogP contribution in [0.4, 0.5) is 4.39 Å². The monoisotopic (exact) mass is 182 g/mol. The summed E-state index contributed by atoms with van der Waals surface area (Å²) in [5.74, 6) is 0.841. The molecule has 0 N–H and O–H groups in total. The highest BCUT2D eigenvalue weighted by Crippen LogP contribution is 2.16. The lowest BCUT2D eigenvalue weighted by molar-refractivity contribution is 0.270. The van der Waals surface area contributed by atoms with Crippen molar-refractivity contribution in [3.05, 3.63) is 29.6 Å². The van der Waals surface area contributed by atoms with Crippen LogP contribution in [-0.2, 0) is 0 Å². The highest BCUT2D eigenvalue weighted by Gasteiger charge is 2.00. The van der Waals surface area contributed by atoms with E-state index in [-0.39, 0.29) is 5.82 Å². The summed E-state index contributed by atoms with van der Waals surface area (Å²) in [5, 5.41) is 0. The van der Waals surface area contributed by atoms with Gasteiger partial charge in [0.2, 0.25) is 0 Å². The number of aryl methyl sites for hydroxylation is 1. The lowest BCUT2D eigenvalue weighted by atomic mass is 10.2. The normalized spacial score (nSPS) is 10.5. The summed E-state index contributed by atoms with van der Waals surface area (Å²) in [7, 11) is 0. The minimum atomic E-state index is -0.237. The smallest absolute Gasteiger partial charge is 0.127 e. The van der Waals surface area contributed by atoms with Gasteiger partial charge in [0.25, 0.3) is 0 Å². The molecule has 0 fully saturated rings. The van der Waals surface area contributed by atoms with E-state index in [1.54, 1.807) is 0 Å². The molecule has 0 amide bonds. The van der Waals surface area contributed by atoms with Gasteiger partial charge in [-0.25, -0.2) is 4.39 Å². The van der Waals surface area contributed by atoms with Crippen LogP contribution in [0.25, 0.3) is 0 Å². The van der Waals surface area contributed by atoms with Crippen molar-refractivity contribution in [1.29, 1.82) is 0 Å². The molecule has 72 valence electrons. The van der Waals surface area contributed by atoms with Crippen LogP contribution in [0.5, 0.6) is 5.75 Å². The molecule has 0 aliphatic carbocycles. The first-order valence-corrected chi connectivity index (χ1v) is 4.48. The number of benzene rings is 1. The molecule has 0 spiro atoms. The maximum absolute atomic E-state index is 12.9. The molecule has 0 atom stereocenters. The minimum absolute atomic E-state index is 0.237. The fourth-order valence-corrected chi connectivity index (χ4v) is 1.05. The van der Waals surface area contributed by atoms with Gasteiger partial charge in [-0.3, -0.25) is 0 Å². The third kappa shape index (κ3) is 3.45. The molecular formula is C11H15FO. The summed E-state index contributed by atoms with van der Waals surface area (Å²) in [6, 6.07) is 4.74. The van der Waals surface area contributed by atoms with E-state index in [1.807, 2.05) is 13.0 Å². The Morgan fingerprint density at radius 1 is 1.31 bits per heavy atom. The molecule has 1 aromatic carbocycles. The predicted molar refractivity (Wildman–Crippen MR) is 51.5 cm³/mol. The van der Waals surface area contributed by atoms with Crippen LogP contribution >= 0.6 is 0 Å². The van der Waals surface area contributed by atoms with Crippen LogP contribution < -0.4 is 4.74 Å². The molecule has 0 bridgehead atoms. The minimum Gasteiger partial charge on any atom is -0.493 e. The molecule has 0 unspecified atom stereocenters. The van der Waals surface area contributed by atoms with Crippen molar-refractivity contribution in [2.75, 3.05) is 6.61 Å². The van der Waals surface area contributed by atoms with Crippen LogP contribution in [0.2, 0.25) is 0 Å². The summed E-state index contributed by atoms with van der Waals surface area (Å²) in [4.78, 5) is 0. The van der Waals surface area contributed by atoms with Gasteiger partial charge in [0.05, 0.1) is 6.61 Å². The van der Waals surface area contributed by atoms with Gasteiger partial charge < -0.3 is 4.74 Å². The summed E-state index contributed by atoms with van der Waals surface area (Å²) in [6.45, 7) is 6.60. The Labute approximate surface area is 78.5 Å². The molecule has 0 radical (unpaired) electrons. The average molecular weight is 182 g/mol. The molecule has 2 heteroatoms. The zero-order valence-electron chi connectivity index (χ0n) is 8.30. The van der Waals surface area contributed by atoms with Gasteiger partial charge >= 0.3 is 0 Å². The quantitative estimate of drug-likeness (QED) is 0.697. The van der Waals surface area contributed by atoms with Crippen molar-refractivity contribution in [3.63, 3.8) is 0 Å². The Hall–Kier alpha value is -1.05. The van der Waals surface area contributed by atoms with E-state index in [1.165, 1.54) is 12.1 Å². The Morgan fingerprint density at radius 3 is 2.54 bits per heavy atom. The molecular weight excluding hydrogens is 167 g/mol. The molecule has 1 nitrogen and oxygen atoms in total. The topological polar surface area (TPSA) is 9.23 Å². The molecule has 0 aliphatic rings. The van der Waals surface area contributed by atoms with Gasteiger partial charge in [-0.05, 0) is 30.5 Å². The SMILES string of the molecule is Cc1cc(F)cc(OCC(C)C)c1. The van der Waals surface area contributed by atoms with Crippen LogP contribution in [-0.4, -0.2) is 6.61 Å². The Balaban J connectivity index is 2.66. The Morgan fingerprint density at radius 2 is 2.00 bits per heavy atom. The molecule has 1 aromatic rings. The Bertz CT molecular complexity index is 261. The molecule has 13 heavy (non-hydrogen) atoms. The van der Waals surface area contributed by atoms with Crippen LogP contribution in [0.15, 0.2) is 18.2 Å². The van der Waals surface area contributed by atoms with Gasteiger partial charge in [0.15, 0.2) is 0 Å². The lowest BCUT2D eigenvalue weighted by Crippen LogP contribution is -2.04. The first-order valence-electron chi connectivity index (χ1n) is 4.48. The Kier molecular flexibility index (Phi) is 3.29. The molecule has 1 rings (SSSR count). The van der Waals surface area contributed by atoms with E-state index in [9.17, 15) is 4.39 Å². The molecule has 0 saturated carbocycles. The number of rotatable bonds is 3. The summed E-state index contributed by atoms with van der Waals surface area (Å²) in [5.41, 5.74) is 0.888. The molecule has 0 heterocycles. The maximum Gasteiger partial charge on any atom is 0.127 e. The average Bonchev–Trinajstić information content (AvgIpc) is 1.99. The second kappa shape index (κ2) is 4.26. The first kappa shape index (κ1) is 10.0. The summed E-state index contributed by atoms with van der Waals surface area (Å²) < 4.78 is 18.3. The van der Waals surface area contributed by atoms with E-state index in [4.69, 9.17) is 4.74 Å². The maximum atomic E-state index is 12.9. The third-order valence-electron chi connectivity index (χ3n) is 1.60. The predicted octanol–water partition coefficient (Wildman–Crippen LogP) is 3.17. The van der Waals surface area contributed by atoms with Crippen molar-refractivity contribution in [1.82, 2.24) is 0 Å². The van der Waals surface area contributed by atoms with Gasteiger partial charge in [0.1, 0.15) is 11.6 Å². The van der Waals surface area contributed by atoms with Crippen LogP contribution in [0, 0.1) is 18.7 Å². The fraction of sp³-hybridized carbons (Fsp3) is 0.455. The van der Waals surface area contributed by atoms with Crippen molar-refractivity contribution in [2.45, 2.75) is 20.8 Å². The summed E-state index contributed by atoms with van der Waals surface area (Å²) >= 11 is 0. The number of halogens is 1. The van der Waals surface area contributed by atoms with E-state index in [2.05, 4.69) is 13.8 Å². The van der Waals surface area contributed by atoms with Gasteiger partial charge in [-0.15, -0.1) is 0 Å². The van der Waals surface area contributed by atoms with E-state index >= 15 is 0 Å². The van der Waals surface area contributed by atoms with Crippen molar-refractivity contribution < 1.29 is 9.13 Å². The van der Waals surface area contributed by atoms with E-state index in [0.29, 0.717) is 18.3 Å². The second-order valence-corrected chi connectivity index (χ2v) is 3.67. The van der Waals surface area contributed by atoms with Gasteiger partial charge in [-0.1, -0.05) is 13.8 Å². The number of ether oxygens (including phenoxy) is 1. The fourth-order valence-electron chi connectivity index (χ4n) is 1.05. The second-order valence-electron chi connectivity index (χ2n) is 3.67. The van der Waals surface area contributed by atoms with Gasteiger partial charge in [0, 0.05) is 6.07 Å². The van der Waals surface area contributed by atoms with Crippen LogP contribution in [0.3, 0.4) is 0 Å². The van der Waals surface area contributed by atoms with Crippen molar-refractivity contribution >= 4 is 0 Å². The summed E-state index contributed by atoms with van der Waals surface area (Å²) in [6.07, 6.45) is 0. The molecule has 0 aliphatic heterocycles. The van der Waals surface area contributed by atoms with Crippen molar-refractivity contribution in [2.24, 2.45) is 5.92 Å². The largest absolute Gasteiger partial charge is 0.493 e. The third-order valence-corrected chi connectivity index (χ3v) is 1.60. The molecule has 0 saturated heterocycles.